The van der Waals surface area contributed by atoms with Gasteiger partial charge in [0.25, 0.3) is 0 Å². The van der Waals surface area contributed by atoms with Gasteiger partial charge in [0, 0.05) is 12.2 Å². The molecule has 0 aliphatic heterocycles. The summed E-state index contributed by atoms with van der Waals surface area (Å²) in [4.78, 5) is 4.31. The molecule has 15 heavy (non-hydrogen) atoms. The summed E-state index contributed by atoms with van der Waals surface area (Å²) in [5, 5.41) is 4.04. The van der Waals surface area contributed by atoms with Crippen LogP contribution in [-0.2, 0) is 0 Å². The highest BCUT2D eigenvalue weighted by Gasteiger charge is 1.99. The van der Waals surface area contributed by atoms with Crippen LogP contribution in [0.5, 0.6) is 0 Å². The van der Waals surface area contributed by atoms with Crippen LogP contribution in [0.3, 0.4) is 0 Å². The van der Waals surface area contributed by atoms with Crippen molar-refractivity contribution in [2.45, 2.75) is 13.8 Å². The highest BCUT2D eigenvalue weighted by molar-refractivity contribution is 8.14. The normalized spacial score (nSPS) is 11.5. The lowest BCUT2D eigenvalue weighted by molar-refractivity contribution is 0.628. The summed E-state index contributed by atoms with van der Waals surface area (Å²) in [6.07, 6.45) is 0. The Balaban J connectivity index is 2.65. The molecule has 0 fully saturated rings. The molecule has 0 saturated heterocycles. The monoisotopic (exact) mass is 226 g/mol. The molecule has 0 spiro atoms. The van der Waals surface area contributed by atoms with Gasteiger partial charge >= 0.3 is 0 Å². The molecule has 1 rings (SSSR count). The number of hydrogen-bond acceptors (Lipinski definition) is 2. The Morgan fingerprint density at radius 1 is 1.33 bits per heavy atom. The van der Waals surface area contributed by atoms with Crippen molar-refractivity contribution in [3.63, 3.8) is 0 Å². The summed E-state index contributed by atoms with van der Waals surface area (Å²) in [5.41, 5.74) is 0.865. The Morgan fingerprint density at radius 3 is 2.53 bits per heavy atom. The number of rotatable bonds is 3. The molecule has 0 aliphatic carbocycles. The molecule has 0 radical (unpaired) electrons. The van der Waals surface area contributed by atoms with Crippen molar-refractivity contribution in [3.05, 3.63) is 30.1 Å². The Bertz CT molecular complexity index is 322. The number of halogens is 1. The van der Waals surface area contributed by atoms with Gasteiger partial charge in [-0.2, -0.15) is 0 Å². The molecular formula is C11H15FN2S. The van der Waals surface area contributed by atoms with E-state index in [1.165, 1.54) is 12.1 Å². The molecule has 1 aromatic rings. The minimum absolute atomic E-state index is 0.224. The van der Waals surface area contributed by atoms with E-state index in [-0.39, 0.29) is 5.82 Å². The van der Waals surface area contributed by atoms with E-state index >= 15 is 0 Å². The molecule has 1 N–H and O–H groups in total. The summed E-state index contributed by atoms with van der Waals surface area (Å²) >= 11 is 1.65. The van der Waals surface area contributed by atoms with Crippen LogP contribution in [0.15, 0.2) is 29.3 Å². The predicted octanol–water partition coefficient (Wildman–Crippen LogP) is 3.37. The van der Waals surface area contributed by atoms with E-state index in [9.17, 15) is 4.39 Å². The molecule has 4 heteroatoms. The fourth-order valence-electron chi connectivity index (χ4n) is 1.06. The topological polar surface area (TPSA) is 24.4 Å². The molecule has 0 heterocycles. The maximum Gasteiger partial charge on any atom is 0.161 e. The van der Waals surface area contributed by atoms with Crippen LogP contribution in [0.25, 0.3) is 0 Å². The van der Waals surface area contributed by atoms with Gasteiger partial charge in [0.15, 0.2) is 5.17 Å². The molecule has 0 aromatic heterocycles. The van der Waals surface area contributed by atoms with Gasteiger partial charge in [-0.25, -0.2) is 4.39 Å². The van der Waals surface area contributed by atoms with Gasteiger partial charge in [-0.3, -0.25) is 4.99 Å². The number of amidine groups is 1. The third-order valence-corrected chi connectivity index (χ3v) is 2.47. The molecule has 0 amide bonds. The van der Waals surface area contributed by atoms with Gasteiger partial charge in [-0.15, -0.1) is 0 Å². The van der Waals surface area contributed by atoms with E-state index in [1.54, 1.807) is 23.9 Å². The SMILES string of the molecule is CCN=C(Nc1ccc(F)cc1)SCC. The van der Waals surface area contributed by atoms with Gasteiger partial charge in [0.1, 0.15) is 5.82 Å². The van der Waals surface area contributed by atoms with Gasteiger partial charge in [0.05, 0.1) is 0 Å². The maximum absolute atomic E-state index is 12.7. The number of hydrogen-bond donors (Lipinski definition) is 1. The summed E-state index contributed by atoms with van der Waals surface area (Å²) in [7, 11) is 0. The minimum Gasteiger partial charge on any atom is -0.335 e. The summed E-state index contributed by atoms with van der Waals surface area (Å²) in [6.45, 7) is 4.81. The van der Waals surface area contributed by atoms with Crippen LogP contribution in [0.4, 0.5) is 10.1 Å². The lowest BCUT2D eigenvalue weighted by Crippen LogP contribution is -2.08. The van der Waals surface area contributed by atoms with Gasteiger partial charge in [0.2, 0.25) is 0 Å². The third-order valence-electron chi connectivity index (χ3n) is 1.68. The average Bonchev–Trinajstić information content (AvgIpc) is 2.22. The fourth-order valence-corrected chi connectivity index (χ4v) is 1.74. The first kappa shape index (κ1) is 12.0. The Morgan fingerprint density at radius 2 is 2.00 bits per heavy atom. The summed E-state index contributed by atoms with van der Waals surface area (Å²) in [5.74, 6) is 0.741. The lowest BCUT2D eigenvalue weighted by atomic mass is 10.3. The average molecular weight is 226 g/mol. The van der Waals surface area contributed by atoms with E-state index in [0.717, 1.165) is 23.2 Å². The van der Waals surface area contributed by atoms with Crippen LogP contribution in [-0.4, -0.2) is 17.5 Å². The smallest absolute Gasteiger partial charge is 0.161 e. The van der Waals surface area contributed by atoms with Gasteiger partial charge < -0.3 is 5.32 Å². The van der Waals surface area contributed by atoms with Crippen LogP contribution < -0.4 is 5.32 Å². The standard InChI is InChI=1S/C11H15FN2S/c1-3-13-11(15-4-2)14-10-7-5-9(12)6-8-10/h5-8H,3-4H2,1-2H3,(H,13,14). The molecule has 1 aromatic carbocycles. The number of thioether (sulfide) groups is 1. The van der Waals surface area contributed by atoms with Crippen molar-refractivity contribution in [2.75, 3.05) is 17.6 Å². The van der Waals surface area contributed by atoms with Crippen molar-refractivity contribution in [2.24, 2.45) is 4.99 Å². The molecule has 0 unspecified atom stereocenters. The van der Waals surface area contributed by atoms with Crippen molar-refractivity contribution < 1.29 is 4.39 Å². The van der Waals surface area contributed by atoms with E-state index in [0.29, 0.717) is 0 Å². The van der Waals surface area contributed by atoms with Crippen LogP contribution in [0.1, 0.15) is 13.8 Å². The highest BCUT2D eigenvalue weighted by atomic mass is 32.2. The molecule has 2 nitrogen and oxygen atoms in total. The number of aliphatic imine (C=N–C) groups is 1. The molecule has 0 saturated carbocycles. The van der Waals surface area contributed by atoms with Crippen molar-refractivity contribution in [1.29, 1.82) is 0 Å². The fraction of sp³-hybridized carbons (Fsp3) is 0.364. The zero-order valence-electron chi connectivity index (χ0n) is 8.96. The zero-order chi connectivity index (χ0) is 11.1. The number of nitrogens with zero attached hydrogens (tertiary/aromatic N) is 1. The van der Waals surface area contributed by atoms with E-state index in [2.05, 4.69) is 17.2 Å². The molecule has 82 valence electrons. The first-order chi connectivity index (χ1) is 7.26. The second kappa shape index (κ2) is 6.45. The summed E-state index contributed by atoms with van der Waals surface area (Å²) < 4.78 is 12.7. The van der Waals surface area contributed by atoms with Crippen molar-refractivity contribution in [3.8, 4) is 0 Å². The van der Waals surface area contributed by atoms with Gasteiger partial charge in [-0.05, 0) is 36.9 Å². The second-order valence-electron chi connectivity index (χ2n) is 2.84. The Labute approximate surface area is 94.0 Å². The minimum atomic E-state index is -0.224. The van der Waals surface area contributed by atoms with Crippen LogP contribution in [0.2, 0.25) is 0 Å². The quantitative estimate of drug-likeness (QED) is 0.631. The number of benzene rings is 1. The first-order valence-electron chi connectivity index (χ1n) is 4.96. The molecule has 0 bridgehead atoms. The highest BCUT2D eigenvalue weighted by Crippen LogP contribution is 2.12. The van der Waals surface area contributed by atoms with Crippen molar-refractivity contribution >= 4 is 22.6 Å². The molecule has 0 atom stereocenters. The third kappa shape index (κ3) is 4.34. The van der Waals surface area contributed by atoms with Crippen LogP contribution in [0, 0.1) is 5.82 Å². The second-order valence-corrected chi connectivity index (χ2v) is 4.10. The van der Waals surface area contributed by atoms with Crippen molar-refractivity contribution in [1.82, 2.24) is 0 Å². The maximum atomic E-state index is 12.7. The molecule has 0 aliphatic rings. The Hall–Kier alpha value is -1.03. The predicted molar refractivity (Wildman–Crippen MR) is 66.1 cm³/mol. The first-order valence-corrected chi connectivity index (χ1v) is 5.94. The van der Waals surface area contributed by atoms with Gasteiger partial charge in [-0.1, -0.05) is 18.7 Å². The molecular weight excluding hydrogens is 211 g/mol. The zero-order valence-corrected chi connectivity index (χ0v) is 9.77. The van der Waals surface area contributed by atoms with Crippen LogP contribution >= 0.6 is 11.8 Å². The largest absolute Gasteiger partial charge is 0.335 e. The van der Waals surface area contributed by atoms with E-state index < -0.39 is 0 Å². The van der Waals surface area contributed by atoms with E-state index in [4.69, 9.17) is 0 Å². The van der Waals surface area contributed by atoms with E-state index in [1.807, 2.05) is 6.92 Å². The number of nitrogens with one attached hydrogen (secondary N) is 1. The lowest BCUT2D eigenvalue weighted by Gasteiger charge is -2.07. The Kier molecular flexibility index (Phi) is 5.18. The number of anilines is 1. The summed E-state index contributed by atoms with van der Waals surface area (Å²) in [6, 6.07) is 6.28.